The number of carbonyl (C=O) groups excluding carboxylic acids is 1. The van der Waals surface area contributed by atoms with Crippen LogP contribution in [0.4, 0.5) is 4.79 Å². The van der Waals surface area contributed by atoms with Gasteiger partial charge in [-0.05, 0) is 27.2 Å². The maximum absolute atomic E-state index is 12.2. The van der Waals surface area contributed by atoms with E-state index in [9.17, 15) is 9.59 Å². The van der Waals surface area contributed by atoms with E-state index in [0.29, 0.717) is 13.1 Å². The molecule has 0 saturated heterocycles. The molecule has 0 aliphatic heterocycles. The van der Waals surface area contributed by atoms with E-state index in [1.807, 2.05) is 27.7 Å². The molecule has 1 N–H and O–H groups in total. The molecule has 0 fully saturated rings. The Morgan fingerprint density at radius 3 is 2.12 bits per heavy atom. The van der Waals surface area contributed by atoms with Crippen LogP contribution in [-0.2, 0) is 4.79 Å². The molecule has 0 rings (SSSR count). The highest BCUT2D eigenvalue weighted by molar-refractivity contribution is 5.75. The molecule has 2 amide bonds. The molecule has 0 aromatic carbocycles. The first-order chi connectivity index (χ1) is 7.97. The Balaban J connectivity index is 4.53. The van der Waals surface area contributed by atoms with Gasteiger partial charge in [0.15, 0.2) is 0 Å². The molecule has 0 saturated carbocycles. The van der Waals surface area contributed by atoms with E-state index in [4.69, 9.17) is 5.11 Å². The van der Waals surface area contributed by atoms with Gasteiger partial charge in [-0.2, -0.15) is 0 Å². The van der Waals surface area contributed by atoms with Crippen molar-refractivity contribution in [2.45, 2.75) is 46.6 Å². The number of carboxylic acids is 1. The Bertz CT molecular complexity index is 256. The van der Waals surface area contributed by atoms with Gasteiger partial charge in [0.05, 0.1) is 6.42 Å². The van der Waals surface area contributed by atoms with Crippen LogP contribution in [0.2, 0.25) is 0 Å². The summed E-state index contributed by atoms with van der Waals surface area (Å²) >= 11 is 0. The molecule has 0 radical (unpaired) electrons. The first-order valence-corrected chi connectivity index (χ1v) is 6.25. The number of rotatable bonds is 7. The molecule has 0 aliphatic carbocycles. The third-order valence-corrected chi connectivity index (χ3v) is 2.96. The fourth-order valence-corrected chi connectivity index (χ4v) is 1.66. The van der Waals surface area contributed by atoms with Crippen molar-refractivity contribution < 1.29 is 14.7 Å². The molecule has 0 heterocycles. The minimum absolute atomic E-state index is 0.00234. The number of urea groups is 1. The monoisotopic (exact) mass is 244 g/mol. The second-order valence-corrected chi connectivity index (χ2v) is 4.05. The summed E-state index contributed by atoms with van der Waals surface area (Å²) in [4.78, 5) is 26.1. The van der Waals surface area contributed by atoms with Crippen molar-refractivity contribution in [1.29, 1.82) is 0 Å². The summed E-state index contributed by atoms with van der Waals surface area (Å²) in [5.74, 6) is -0.872. The van der Waals surface area contributed by atoms with Crippen LogP contribution < -0.4 is 0 Å². The molecule has 0 aromatic rings. The van der Waals surface area contributed by atoms with Gasteiger partial charge in [-0.25, -0.2) is 4.79 Å². The molecule has 5 nitrogen and oxygen atoms in total. The van der Waals surface area contributed by atoms with Crippen LogP contribution in [0.25, 0.3) is 0 Å². The topological polar surface area (TPSA) is 60.9 Å². The van der Waals surface area contributed by atoms with Crippen LogP contribution in [0.5, 0.6) is 0 Å². The van der Waals surface area contributed by atoms with Crippen LogP contribution in [0.1, 0.15) is 40.5 Å². The SMILES string of the molecule is CCC(C)N(CC)C(=O)N(CC)CCC(=O)O. The number of hydrogen-bond donors (Lipinski definition) is 1. The molecule has 0 aromatic heterocycles. The molecule has 0 spiro atoms. The summed E-state index contributed by atoms with van der Waals surface area (Å²) in [7, 11) is 0. The van der Waals surface area contributed by atoms with E-state index in [2.05, 4.69) is 0 Å². The highest BCUT2D eigenvalue weighted by Gasteiger charge is 2.22. The second-order valence-electron chi connectivity index (χ2n) is 4.05. The quantitative estimate of drug-likeness (QED) is 0.745. The Labute approximate surface area is 103 Å². The lowest BCUT2D eigenvalue weighted by Gasteiger charge is -2.32. The van der Waals surface area contributed by atoms with Crippen LogP contribution in [0.3, 0.4) is 0 Å². The van der Waals surface area contributed by atoms with Crippen molar-refractivity contribution in [1.82, 2.24) is 9.80 Å². The van der Waals surface area contributed by atoms with Crippen molar-refractivity contribution >= 4 is 12.0 Å². The smallest absolute Gasteiger partial charge is 0.320 e. The molecule has 1 unspecified atom stereocenters. The maximum atomic E-state index is 12.2. The van der Waals surface area contributed by atoms with Gasteiger partial charge in [0.1, 0.15) is 0 Å². The van der Waals surface area contributed by atoms with E-state index >= 15 is 0 Å². The van der Waals surface area contributed by atoms with E-state index in [0.717, 1.165) is 6.42 Å². The predicted octanol–water partition coefficient (Wildman–Crippen LogP) is 2.02. The number of nitrogens with zero attached hydrogens (tertiary/aromatic N) is 2. The summed E-state index contributed by atoms with van der Waals surface area (Å²) in [6, 6.07) is 0.122. The van der Waals surface area contributed by atoms with E-state index in [1.54, 1.807) is 9.80 Å². The fourth-order valence-electron chi connectivity index (χ4n) is 1.66. The molecule has 17 heavy (non-hydrogen) atoms. The Kier molecular flexibility index (Phi) is 7.34. The summed E-state index contributed by atoms with van der Waals surface area (Å²) in [6.07, 6.45) is 0.897. The van der Waals surface area contributed by atoms with Gasteiger partial charge in [-0.3, -0.25) is 4.79 Å². The van der Waals surface area contributed by atoms with Crippen LogP contribution >= 0.6 is 0 Å². The van der Waals surface area contributed by atoms with Gasteiger partial charge in [0, 0.05) is 25.7 Å². The average molecular weight is 244 g/mol. The third kappa shape index (κ3) is 5.06. The molecule has 100 valence electrons. The van der Waals surface area contributed by atoms with Crippen molar-refractivity contribution in [3.8, 4) is 0 Å². The van der Waals surface area contributed by atoms with Gasteiger partial charge < -0.3 is 14.9 Å². The number of hydrogen-bond acceptors (Lipinski definition) is 2. The Hall–Kier alpha value is -1.26. The molecule has 1 atom stereocenters. The van der Waals surface area contributed by atoms with Gasteiger partial charge >= 0.3 is 12.0 Å². The van der Waals surface area contributed by atoms with E-state index in [1.165, 1.54) is 0 Å². The lowest BCUT2D eigenvalue weighted by atomic mass is 10.2. The lowest BCUT2D eigenvalue weighted by Crippen LogP contribution is -2.47. The molecular formula is C12H24N2O3. The van der Waals surface area contributed by atoms with Gasteiger partial charge in [-0.1, -0.05) is 6.92 Å². The first-order valence-electron chi connectivity index (χ1n) is 6.25. The normalized spacial score (nSPS) is 12.0. The van der Waals surface area contributed by atoms with Crippen LogP contribution in [-0.4, -0.2) is 52.6 Å². The zero-order chi connectivity index (χ0) is 13.4. The van der Waals surface area contributed by atoms with Crippen LogP contribution in [0, 0.1) is 0 Å². The third-order valence-electron chi connectivity index (χ3n) is 2.96. The Morgan fingerprint density at radius 2 is 1.76 bits per heavy atom. The number of carbonyl (C=O) groups is 2. The number of carboxylic acid groups (broad SMARTS) is 1. The number of amides is 2. The largest absolute Gasteiger partial charge is 0.481 e. The zero-order valence-corrected chi connectivity index (χ0v) is 11.3. The average Bonchev–Trinajstić information content (AvgIpc) is 2.30. The highest BCUT2D eigenvalue weighted by Crippen LogP contribution is 2.08. The minimum Gasteiger partial charge on any atom is -0.481 e. The van der Waals surface area contributed by atoms with Crippen molar-refractivity contribution in [3.63, 3.8) is 0 Å². The summed E-state index contributed by atoms with van der Waals surface area (Å²) in [5.41, 5.74) is 0. The minimum atomic E-state index is -0.872. The molecule has 5 heteroatoms. The molecule has 0 bridgehead atoms. The van der Waals surface area contributed by atoms with Gasteiger partial charge in [-0.15, -0.1) is 0 Å². The fraction of sp³-hybridized carbons (Fsp3) is 0.833. The molecule has 0 aliphatic rings. The van der Waals surface area contributed by atoms with Crippen LogP contribution in [0.15, 0.2) is 0 Å². The van der Waals surface area contributed by atoms with Gasteiger partial charge in [0.2, 0.25) is 0 Å². The van der Waals surface area contributed by atoms with Crippen molar-refractivity contribution in [2.75, 3.05) is 19.6 Å². The van der Waals surface area contributed by atoms with E-state index < -0.39 is 5.97 Å². The lowest BCUT2D eigenvalue weighted by molar-refractivity contribution is -0.137. The van der Waals surface area contributed by atoms with E-state index in [-0.39, 0.29) is 25.0 Å². The van der Waals surface area contributed by atoms with Crippen molar-refractivity contribution in [2.24, 2.45) is 0 Å². The second kappa shape index (κ2) is 7.92. The van der Waals surface area contributed by atoms with Crippen molar-refractivity contribution in [3.05, 3.63) is 0 Å². The Morgan fingerprint density at radius 1 is 1.18 bits per heavy atom. The standard InChI is InChI=1S/C12H24N2O3/c1-5-10(4)14(7-3)12(17)13(6-2)9-8-11(15)16/h10H,5-9H2,1-4H3,(H,15,16). The van der Waals surface area contributed by atoms with Gasteiger partial charge in [0.25, 0.3) is 0 Å². The predicted molar refractivity (Wildman–Crippen MR) is 67.0 cm³/mol. The molecular weight excluding hydrogens is 220 g/mol. The highest BCUT2D eigenvalue weighted by atomic mass is 16.4. The maximum Gasteiger partial charge on any atom is 0.320 e. The first kappa shape index (κ1) is 15.7. The zero-order valence-electron chi connectivity index (χ0n) is 11.3. The summed E-state index contributed by atoms with van der Waals surface area (Å²) in [5, 5.41) is 8.64. The summed E-state index contributed by atoms with van der Waals surface area (Å²) < 4.78 is 0. The summed E-state index contributed by atoms with van der Waals surface area (Å²) in [6.45, 7) is 9.31. The number of aliphatic carboxylic acids is 1.